The number of benzene rings is 1. The number of rotatable bonds is 3. The minimum atomic E-state index is -4.45. The van der Waals surface area contributed by atoms with Crippen LogP contribution in [0, 0.1) is 23.7 Å². The van der Waals surface area contributed by atoms with Gasteiger partial charge >= 0.3 is 6.18 Å². The van der Waals surface area contributed by atoms with Crippen LogP contribution in [0.3, 0.4) is 0 Å². The third-order valence-corrected chi connectivity index (χ3v) is 5.85. The maximum Gasteiger partial charge on any atom is 0.416 e. The van der Waals surface area contributed by atoms with Gasteiger partial charge < -0.3 is 4.42 Å². The Morgan fingerprint density at radius 2 is 1.72 bits per heavy atom. The van der Waals surface area contributed by atoms with Crippen molar-refractivity contribution in [3.8, 4) is 11.3 Å². The van der Waals surface area contributed by atoms with Crippen LogP contribution in [0.25, 0.3) is 11.3 Å². The van der Waals surface area contributed by atoms with E-state index >= 15 is 0 Å². The fourth-order valence-corrected chi connectivity index (χ4v) is 4.54. The molecule has 0 spiro atoms. The number of halogens is 3. The minimum absolute atomic E-state index is 0.0952. The number of carbonyl (C=O) groups excluding carboxylic acids is 2. The van der Waals surface area contributed by atoms with Crippen molar-refractivity contribution in [3.05, 3.63) is 59.9 Å². The molecule has 1 saturated carbocycles. The number of imide groups is 1. The van der Waals surface area contributed by atoms with E-state index in [1.165, 1.54) is 30.5 Å². The van der Waals surface area contributed by atoms with Crippen LogP contribution in [0.4, 0.5) is 13.2 Å². The number of alkyl halides is 3. The molecule has 29 heavy (non-hydrogen) atoms. The Bertz CT molecular complexity index is 1040. The highest BCUT2D eigenvalue weighted by atomic mass is 19.4. The summed E-state index contributed by atoms with van der Waals surface area (Å²) in [5.74, 6) is -0.642. The van der Waals surface area contributed by atoms with Gasteiger partial charge in [0.25, 0.3) is 11.8 Å². The van der Waals surface area contributed by atoms with Crippen molar-refractivity contribution in [1.29, 1.82) is 0 Å². The van der Waals surface area contributed by atoms with Gasteiger partial charge in [-0.2, -0.15) is 23.3 Å². The predicted octanol–water partition coefficient (Wildman–Crippen LogP) is 4.11. The largest absolute Gasteiger partial charge is 0.455 e. The first-order valence-corrected chi connectivity index (χ1v) is 9.20. The quantitative estimate of drug-likeness (QED) is 0.443. The maximum atomic E-state index is 12.9. The van der Waals surface area contributed by atoms with Gasteiger partial charge in [-0.15, -0.1) is 0 Å². The number of hydrazone groups is 1. The van der Waals surface area contributed by atoms with Crippen LogP contribution in [-0.2, 0) is 15.8 Å². The van der Waals surface area contributed by atoms with Crippen LogP contribution >= 0.6 is 0 Å². The molecule has 1 aromatic heterocycles. The van der Waals surface area contributed by atoms with Gasteiger partial charge in [0.2, 0.25) is 0 Å². The van der Waals surface area contributed by atoms with Gasteiger partial charge in [0.1, 0.15) is 11.5 Å². The Morgan fingerprint density at radius 3 is 2.38 bits per heavy atom. The summed E-state index contributed by atoms with van der Waals surface area (Å²) in [6.45, 7) is 0. The van der Waals surface area contributed by atoms with E-state index in [9.17, 15) is 22.8 Å². The normalized spacial score (nSPS) is 28.2. The smallest absolute Gasteiger partial charge is 0.416 e. The third kappa shape index (κ3) is 2.82. The number of nitrogens with zero attached hydrogens (tertiary/aromatic N) is 2. The lowest BCUT2D eigenvalue weighted by Gasteiger charge is -2.13. The molecule has 5 nitrogen and oxygen atoms in total. The maximum absolute atomic E-state index is 12.9. The van der Waals surface area contributed by atoms with E-state index in [0.717, 1.165) is 23.6 Å². The van der Waals surface area contributed by atoms with E-state index in [-0.39, 0.29) is 52.6 Å². The van der Waals surface area contributed by atoms with Crippen LogP contribution in [0.1, 0.15) is 17.7 Å². The van der Waals surface area contributed by atoms with Crippen molar-refractivity contribution in [2.45, 2.75) is 12.6 Å². The summed E-state index contributed by atoms with van der Waals surface area (Å²) < 4.78 is 44.2. The second-order valence-electron chi connectivity index (χ2n) is 7.51. The van der Waals surface area contributed by atoms with E-state index in [0.29, 0.717) is 0 Å². The first kappa shape index (κ1) is 17.9. The molecule has 2 heterocycles. The van der Waals surface area contributed by atoms with Gasteiger partial charge in [0.05, 0.1) is 23.6 Å². The number of hydrogen-bond donors (Lipinski definition) is 0. The monoisotopic (exact) mass is 400 g/mol. The fraction of sp³-hybridized carbons (Fsp3) is 0.286. The summed E-state index contributed by atoms with van der Waals surface area (Å²) in [6, 6.07) is 7.83. The zero-order valence-electron chi connectivity index (χ0n) is 15.0. The standard InChI is InChI=1S/C21H15F3N2O3/c22-21(23,24)14-3-1-2-11(9-14)16-7-6-15(29-16)10-25-26-19(27)17-12-4-5-13(8-12)18(17)20(26)28/h1-7,9-10,12-13,17-18H,8H2/b25-10-/t12-,13-,17-,18-/m0/s1. The zero-order valence-corrected chi connectivity index (χ0v) is 15.0. The molecule has 0 radical (unpaired) electrons. The number of hydrogen-bond acceptors (Lipinski definition) is 4. The minimum Gasteiger partial charge on any atom is -0.455 e. The molecule has 1 aromatic carbocycles. The van der Waals surface area contributed by atoms with Gasteiger partial charge in [-0.25, -0.2) is 0 Å². The molecule has 2 amide bonds. The highest BCUT2D eigenvalue weighted by molar-refractivity contribution is 6.06. The molecule has 3 aliphatic rings. The molecule has 8 heteroatoms. The Labute approximate surface area is 163 Å². The van der Waals surface area contributed by atoms with Crippen LogP contribution in [0.2, 0.25) is 0 Å². The first-order chi connectivity index (χ1) is 13.8. The molecule has 0 N–H and O–H groups in total. The van der Waals surface area contributed by atoms with Crippen molar-refractivity contribution in [2.75, 3.05) is 0 Å². The Morgan fingerprint density at radius 1 is 1.03 bits per heavy atom. The Balaban J connectivity index is 1.35. The molecule has 1 saturated heterocycles. The molecule has 2 aromatic rings. The van der Waals surface area contributed by atoms with Crippen LogP contribution in [0.5, 0.6) is 0 Å². The molecular weight excluding hydrogens is 385 g/mol. The van der Waals surface area contributed by atoms with E-state index in [2.05, 4.69) is 5.10 Å². The fourth-order valence-electron chi connectivity index (χ4n) is 4.54. The number of allylic oxidation sites excluding steroid dienone is 2. The number of amides is 2. The molecule has 148 valence electrons. The average Bonchev–Trinajstić information content (AvgIpc) is 3.45. The van der Waals surface area contributed by atoms with E-state index in [1.807, 2.05) is 12.2 Å². The summed E-state index contributed by atoms with van der Waals surface area (Å²) in [7, 11) is 0. The van der Waals surface area contributed by atoms with Crippen molar-refractivity contribution in [3.63, 3.8) is 0 Å². The summed E-state index contributed by atoms with van der Waals surface area (Å²) in [6.07, 6.45) is 1.62. The number of fused-ring (bicyclic) bond motifs is 5. The lowest BCUT2D eigenvalue weighted by atomic mass is 9.85. The van der Waals surface area contributed by atoms with Gasteiger partial charge in [-0.05, 0) is 42.5 Å². The molecule has 2 fully saturated rings. The van der Waals surface area contributed by atoms with Crippen LogP contribution in [-0.4, -0.2) is 23.0 Å². The van der Waals surface area contributed by atoms with Crippen molar-refractivity contribution >= 4 is 18.0 Å². The number of furan rings is 1. The van der Waals surface area contributed by atoms with Crippen molar-refractivity contribution in [2.24, 2.45) is 28.8 Å². The topological polar surface area (TPSA) is 62.9 Å². The van der Waals surface area contributed by atoms with Crippen LogP contribution in [0.15, 0.2) is 58.1 Å². The predicted molar refractivity (Wildman–Crippen MR) is 96.3 cm³/mol. The van der Waals surface area contributed by atoms with Crippen molar-refractivity contribution in [1.82, 2.24) is 5.01 Å². The van der Waals surface area contributed by atoms with Gasteiger partial charge in [0.15, 0.2) is 0 Å². The van der Waals surface area contributed by atoms with E-state index in [4.69, 9.17) is 4.42 Å². The molecular formula is C21H15F3N2O3. The summed E-state index contributed by atoms with van der Waals surface area (Å²) in [4.78, 5) is 25.2. The summed E-state index contributed by atoms with van der Waals surface area (Å²) in [5.41, 5.74) is -0.505. The molecule has 2 bridgehead atoms. The van der Waals surface area contributed by atoms with Gasteiger partial charge in [-0.1, -0.05) is 24.3 Å². The lowest BCUT2D eigenvalue weighted by Crippen LogP contribution is -2.28. The Hall–Kier alpha value is -3.16. The zero-order chi connectivity index (χ0) is 20.3. The second-order valence-corrected chi connectivity index (χ2v) is 7.51. The number of carbonyl (C=O) groups is 2. The lowest BCUT2D eigenvalue weighted by molar-refractivity contribution is -0.141. The highest BCUT2D eigenvalue weighted by Crippen LogP contribution is 2.52. The average molecular weight is 400 g/mol. The summed E-state index contributed by atoms with van der Waals surface area (Å²) in [5, 5.41) is 4.90. The molecule has 4 atom stereocenters. The summed E-state index contributed by atoms with van der Waals surface area (Å²) >= 11 is 0. The van der Waals surface area contributed by atoms with Gasteiger partial charge in [0, 0.05) is 5.56 Å². The third-order valence-electron chi connectivity index (χ3n) is 5.85. The Kier molecular flexibility index (Phi) is 3.81. The molecule has 5 rings (SSSR count). The highest BCUT2D eigenvalue weighted by Gasteiger charge is 2.59. The SMILES string of the molecule is O=C1[C@@H]2[C@@H](C(=O)N1/N=C\c1ccc(-c3cccc(C(F)(F)F)c3)o1)[C@H]1C=C[C@H]2C1. The van der Waals surface area contributed by atoms with Gasteiger partial charge in [-0.3, -0.25) is 9.59 Å². The second kappa shape index (κ2) is 6.17. The van der Waals surface area contributed by atoms with Crippen LogP contribution < -0.4 is 0 Å². The van der Waals surface area contributed by atoms with E-state index in [1.54, 1.807) is 0 Å². The van der Waals surface area contributed by atoms with E-state index < -0.39 is 11.7 Å². The van der Waals surface area contributed by atoms with Crippen molar-refractivity contribution < 1.29 is 27.2 Å². The molecule has 1 aliphatic heterocycles. The molecule has 2 aliphatic carbocycles. The first-order valence-electron chi connectivity index (χ1n) is 9.20. The molecule has 0 unspecified atom stereocenters.